The standard InChI is InChI=1S/C22H27FN2O3.ClH/c1-4-6-7-8-28-20-11-18(23)9-15(3)22(20)17-10-16(13-25-14-17)19(24)12-21(26)27-5-2;/h4,9-11,13-14,19H,1,5-8,12,24H2,2-3H3;1H. The Labute approximate surface area is 177 Å². The largest absolute Gasteiger partial charge is 0.493 e. The Bertz CT molecular complexity index is 830. The van der Waals surface area contributed by atoms with Gasteiger partial charge in [-0.2, -0.15) is 0 Å². The number of aromatic nitrogens is 1. The fourth-order valence-electron chi connectivity index (χ4n) is 2.92. The number of esters is 1. The summed E-state index contributed by atoms with van der Waals surface area (Å²) in [7, 11) is 0. The molecule has 2 N–H and O–H groups in total. The Morgan fingerprint density at radius 3 is 2.79 bits per heavy atom. The first-order chi connectivity index (χ1) is 13.5. The zero-order chi connectivity index (χ0) is 20.5. The molecule has 29 heavy (non-hydrogen) atoms. The molecule has 2 rings (SSSR count). The Kier molecular flexibility index (Phi) is 10.3. The van der Waals surface area contributed by atoms with Crippen LogP contribution < -0.4 is 10.5 Å². The minimum absolute atomic E-state index is 0. The van der Waals surface area contributed by atoms with Crippen LogP contribution in [0.5, 0.6) is 5.75 Å². The van der Waals surface area contributed by atoms with Gasteiger partial charge in [-0.1, -0.05) is 6.08 Å². The SMILES string of the molecule is C=CCCCOc1cc(F)cc(C)c1-c1cncc(C(N)CC(=O)OCC)c1.Cl. The molecule has 0 spiro atoms. The third-order valence-corrected chi connectivity index (χ3v) is 4.24. The van der Waals surface area contributed by atoms with Crippen molar-refractivity contribution in [2.24, 2.45) is 5.73 Å². The van der Waals surface area contributed by atoms with Crippen molar-refractivity contribution in [3.8, 4) is 16.9 Å². The second-order valence-corrected chi connectivity index (χ2v) is 6.50. The lowest BCUT2D eigenvalue weighted by atomic mass is 9.97. The molecule has 7 heteroatoms. The van der Waals surface area contributed by atoms with Crippen LogP contribution in [0.3, 0.4) is 0 Å². The maximum Gasteiger partial charge on any atom is 0.307 e. The third kappa shape index (κ3) is 7.15. The summed E-state index contributed by atoms with van der Waals surface area (Å²) < 4.78 is 24.7. The molecule has 0 aliphatic carbocycles. The molecule has 0 aliphatic rings. The van der Waals surface area contributed by atoms with E-state index in [1.165, 1.54) is 12.1 Å². The van der Waals surface area contributed by atoms with E-state index in [2.05, 4.69) is 11.6 Å². The van der Waals surface area contributed by atoms with Crippen molar-refractivity contribution < 1.29 is 18.7 Å². The lowest BCUT2D eigenvalue weighted by Crippen LogP contribution is -2.17. The summed E-state index contributed by atoms with van der Waals surface area (Å²) in [5, 5.41) is 0. The van der Waals surface area contributed by atoms with Crippen molar-refractivity contribution in [1.29, 1.82) is 0 Å². The van der Waals surface area contributed by atoms with Gasteiger partial charge < -0.3 is 15.2 Å². The van der Waals surface area contributed by atoms with Gasteiger partial charge in [0.2, 0.25) is 0 Å². The summed E-state index contributed by atoms with van der Waals surface area (Å²) in [6.45, 7) is 8.02. The van der Waals surface area contributed by atoms with Gasteiger partial charge in [0.1, 0.15) is 11.6 Å². The first kappa shape index (κ1) is 24.6. The van der Waals surface area contributed by atoms with Crippen LogP contribution in [0.1, 0.15) is 43.4 Å². The van der Waals surface area contributed by atoms with Crippen molar-refractivity contribution in [2.45, 2.75) is 39.2 Å². The fraction of sp³-hybridized carbons (Fsp3) is 0.364. The van der Waals surface area contributed by atoms with Gasteiger partial charge in [0.05, 0.1) is 19.6 Å². The smallest absolute Gasteiger partial charge is 0.307 e. The molecule has 1 heterocycles. The quantitative estimate of drug-likeness (QED) is 0.334. The number of hydrogen-bond donors (Lipinski definition) is 1. The molecule has 0 fully saturated rings. The van der Waals surface area contributed by atoms with Crippen molar-refractivity contribution >= 4 is 18.4 Å². The van der Waals surface area contributed by atoms with Crippen LogP contribution in [0.25, 0.3) is 11.1 Å². The number of carbonyl (C=O) groups is 1. The predicted octanol–water partition coefficient (Wildman–Crippen LogP) is 4.92. The summed E-state index contributed by atoms with van der Waals surface area (Å²) in [6.07, 6.45) is 6.80. The number of nitrogens with two attached hydrogens (primary N) is 1. The number of benzene rings is 1. The normalized spacial score (nSPS) is 11.3. The fourth-order valence-corrected chi connectivity index (χ4v) is 2.92. The molecule has 1 aromatic carbocycles. The third-order valence-electron chi connectivity index (χ3n) is 4.24. The minimum Gasteiger partial charge on any atom is -0.493 e. The van der Waals surface area contributed by atoms with E-state index in [1.54, 1.807) is 19.3 Å². The van der Waals surface area contributed by atoms with Crippen LogP contribution in [0, 0.1) is 12.7 Å². The number of ether oxygens (including phenoxy) is 2. The molecule has 1 unspecified atom stereocenters. The maximum absolute atomic E-state index is 13.9. The van der Waals surface area contributed by atoms with E-state index >= 15 is 0 Å². The molecule has 0 bridgehead atoms. The van der Waals surface area contributed by atoms with Gasteiger partial charge in [0.15, 0.2) is 0 Å². The topological polar surface area (TPSA) is 74.4 Å². The van der Waals surface area contributed by atoms with E-state index in [0.717, 1.165) is 29.5 Å². The van der Waals surface area contributed by atoms with Crippen molar-refractivity contribution in [2.75, 3.05) is 13.2 Å². The molecular formula is C22H28ClFN2O3. The number of nitrogens with zero attached hydrogens (tertiary/aromatic N) is 1. The highest BCUT2D eigenvalue weighted by molar-refractivity contribution is 5.85. The van der Waals surface area contributed by atoms with E-state index in [-0.39, 0.29) is 30.6 Å². The highest BCUT2D eigenvalue weighted by atomic mass is 35.5. The van der Waals surface area contributed by atoms with Crippen molar-refractivity contribution in [1.82, 2.24) is 4.98 Å². The molecule has 1 atom stereocenters. The number of halogens is 2. The zero-order valence-corrected chi connectivity index (χ0v) is 17.6. The number of carbonyl (C=O) groups excluding carboxylic acids is 1. The first-order valence-electron chi connectivity index (χ1n) is 9.36. The van der Waals surface area contributed by atoms with E-state index in [1.807, 2.05) is 19.1 Å². The summed E-state index contributed by atoms with van der Waals surface area (Å²) >= 11 is 0. The Morgan fingerprint density at radius 2 is 2.10 bits per heavy atom. The first-order valence-corrected chi connectivity index (χ1v) is 9.36. The molecule has 2 aromatic rings. The highest BCUT2D eigenvalue weighted by Gasteiger charge is 2.17. The molecule has 0 radical (unpaired) electrons. The van der Waals surface area contributed by atoms with E-state index in [4.69, 9.17) is 15.2 Å². The van der Waals surface area contributed by atoms with Gasteiger partial charge in [0.25, 0.3) is 0 Å². The van der Waals surface area contributed by atoms with Gasteiger partial charge in [-0.3, -0.25) is 9.78 Å². The number of aryl methyl sites for hydroxylation is 1. The highest BCUT2D eigenvalue weighted by Crippen LogP contribution is 2.35. The molecule has 0 saturated carbocycles. The number of pyridine rings is 1. The molecular weight excluding hydrogens is 395 g/mol. The summed E-state index contributed by atoms with van der Waals surface area (Å²) in [5.74, 6) is -0.257. The monoisotopic (exact) mass is 422 g/mol. The van der Waals surface area contributed by atoms with Crippen molar-refractivity contribution in [3.05, 3.63) is 60.2 Å². The van der Waals surface area contributed by atoms with Crippen LogP contribution in [0.2, 0.25) is 0 Å². The molecule has 1 aromatic heterocycles. The van der Waals surface area contributed by atoms with Crippen LogP contribution in [-0.2, 0) is 9.53 Å². The van der Waals surface area contributed by atoms with Gasteiger partial charge in [-0.15, -0.1) is 19.0 Å². The van der Waals surface area contributed by atoms with Crippen LogP contribution in [0.15, 0.2) is 43.2 Å². The van der Waals surface area contributed by atoms with Crippen LogP contribution in [-0.4, -0.2) is 24.2 Å². The molecule has 5 nitrogen and oxygen atoms in total. The Hall–Kier alpha value is -2.44. The summed E-state index contributed by atoms with van der Waals surface area (Å²) in [4.78, 5) is 16.0. The average molecular weight is 423 g/mol. The number of unbranched alkanes of at least 4 members (excludes halogenated alkanes) is 1. The van der Waals surface area contributed by atoms with Crippen LogP contribution >= 0.6 is 12.4 Å². The number of allylic oxidation sites excluding steroid dienone is 1. The minimum atomic E-state index is -0.538. The van der Waals surface area contributed by atoms with E-state index in [9.17, 15) is 9.18 Å². The number of hydrogen-bond acceptors (Lipinski definition) is 5. The lowest BCUT2D eigenvalue weighted by molar-refractivity contribution is -0.143. The van der Waals surface area contributed by atoms with Gasteiger partial charge in [-0.25, -0.2) is 4.39 Å². The second-order valence-electron chi connectivity index (χ2n) is 6.50. The van der Waals surface area contributed by atoms with E-state index < -0.39 is 6.04 Å². The van der Waals surface area contributed by atoms with Gasteiger partial charge in [0, 0.05) is 35.6 Å². The van der Waals surface area contributed by atoms with Gasteiger partial charge in [-0.05, 0) is 49.9 Å². The van der Waals surface area contributed by atoms with Crippen molar-refractivity contribution in [3.63, 3.8) is 0 Å². The Morgan fingerprint density at radius 1 is 1.34 bits per heavy atom. The molecule has 0 aliphatic heterocycles. The number of rotatable bonds is 10. The van der Waals surface area contributed by atoms with Crippen LogP contribution in [0.4, 0.5) is 4.39 Å². The maximum atomic E-state index is 13.9. The second kappa shape index (κ2) is 12.2. The lowest BCUT2D eigenvalue weighted by Gasteiger charge is -2.16. The Balaban J connectivity index is 0.00000420. The molecule has 0 saturated heterocycles. The van der Waals surface area contributed by atoms with E-state index in [0.29, 0.717) is 24.5 Å². The summed E-state index contributed by atoms with van der Waals surface area (Å²) in [5.41, 5.74) is 9.10. The average Bonchev–Trinajstić information content (AvgIpc) is 2.65. The molecule has 158 valence electrons. The van der Waals surface area contributed by atoms with Gasteiger partial charge >= 0.3 is 5.97 Å². The zero-order valence-electron chi connectivity index (χ0n) is 16.8. The summed E-state index contributed by atoms with van der Waals surface area (Å²) in [6, 6.07) is 4.15. The predicted molar refractivity (Wildman–Crippen MR) is 115 cm³/mol. The molecule has 0 amide bonds.